The SMILES string of the molecule is Cc1noc(-c2ccccc2NC2COC2)n1. The zero-order valence-corrected chi connectivity index (χ0v) is 9.51. The van der Waals surface area contributed by atoms with Gasteiger partial charge in [0.2, 0.25) is 0 Å². The number of hydrogen-bond acceptors (Lipinski definition) is 5. The van der Waals surface area contributed by atoms with Crippen LogP contribution in [-0.2, 0) is 4.74 Å². The lowest BCUT2D eigenvalue weighted by Gasteiger charge is -2.28. The number of anilines is 1. The van der Waals surface area contributed by atoms with Crippen LogP contribution in [0, 0.1) is 6.92 Å². The summed E-state index contributed by atoms with van der Waals surface area (Å²) < 4.78 is 10.3. The predicted molar refractivity (Wildman–Crippen MR) is 62.7 cm³/mol. The predicted octanol–water partition coefficient (Wildman–Crippen LogP) is 1.86. The Labute approximate surface area is 98.8 Å². The van der Waals surface area contributed by atoms with Gasteiger partial charge in [-0.25, -0.2) is 0 Å². The average Bonchev–Trinajstić information content (AvgIpc) is 2.71. The average molecular weight is 231 g/mol. The number of para-hydroxylation sites is 1. The van der Waals surface area contributed by atoms with E-state index in [-0.39, 0.29) is 0 Å². The van der Waals surface area contributed by atoms with Gasteiger partial charge < -0.3 is 14.6 Å². The summed E-state index contributed by atoms with van der Waals surface area (Å²) in [5, 5.41) is 7.21. The molecule has 5 nitrogen and oxygen atoms in total. The van der Waals surface area contributed by atoms with Crippen LogP contribution in [0.5, 0.6) is 0 Å². The minimum atomic E-state index is 0.375. The van der Waals surface area contributed by atoms with Crippen LogP contribution >= 0.6 is 0 Å². The van der Waals surface area contributed by atoms with E-state index < -0.39 is 0 Å². The van der Waals surface area contributed by atoms with E-state index in [1.807, 2.05) is 31.2 Å². The summed E-state index contributed by atoms with van der Waals surface area (Å²) >= 11 is 0. The van der Waals surface area contributed by atoms with Crippen LogP contribution in [0.1, 0.15) is 5.82 Å². The summed E-state index contributed by atoms with van der Waals surface area (Å²) in [6.07, 6.45) is 0. The first kappa shape index (κ1) is 10.3. The lowest BCUT2D eigenvalue weighted by molar-refractivity contribution is 0.0211. The molecule has 0 radical (unpaired) electrons. The van der Waals surface area contributed by atoms with Crippen LogP contribution in [0.15, 0.2) is 28.8 Å². The number of aryl methyl sites for hydroxylation is 1. The van der Waals surface area contributed by atoms with E-state index in [9.17, 15) is 0 Å². The van der Waals surface area contributed by atoms with Gasteiger partial charge in [0, 0.05) is 5.69 Å². The largest absolute Gasteiger partial charge is 0.377 e. The number of hydrogen-bond donors (Lipinski definition) is 1. The number of nitrogens with zero attached hydrogens (tertiary/aromatic N) is 2. The molecular formula is C12H13N3O2. The maximum Gasteiger partial charge on any atom is 0.260 e. The Morgan fingerprint density at radius 1 is 1.29 bits per heavy atom. The Kier molecular flexibility index (Phi) is 2.53. The summed E-state index contributed by atoms with van der Waals surface area (Å²) in [5.74, 6) is 1.19. The fourth-order valence-corrected chi connectivity index (χ4v) is 1.74. The van der Waals surface area contributed by atoms with Crippen molar-refractivity contribution in [2.24, 2.45) is 0 Å². The van der Waals surface area contributed by atoms with Crippen molar-refractivity contribution in [2.45, 2.75) is 13.0 Å². The molecule has 1 fully saturated rings. The third-order valence-electron chi connectivity index (χ3n) is 2.68. The molecule has 2 heterocycles. The molecule has 1 saturated heterocycles. The van der Waals surface area contributed by atoms with E-state index in [2.05, 4.69) is 15.5 Å². The molecule has 0 spiro atoms. The molecular weight excluding hydrogens is 218 g/mol. The molecule has 88 valence electrons. The van der Waals surface area contributed by atoms with Crippen LogP contribution in [0.2, 0.25) is 0 Å². The van der Waals surface area contributed by atoms with E-state index in [4.69, 9.17) is 9.26 Å². The van der Waals surface area contributed by atoms with Crippen molar-refractivity contribution in [2.75, 3.05) is 18.5 Å². The lowest BCUT2D eigenvalue weighted by atomic mass is 10.1. The zero-order valence-electron chi connectivity index (χ0n) is 9.51. The molecule has 0 atom stereocenters. The molecule has 17 heavy (non-hydrogen) atoms. The Balaban J connectivity index is 1.92. The summed E-state index contributed by atoms with van der Waals surface area (Å²) in [6, 6.07) is 8.29. The van der Waals surface area contributed by atoms with E-state index in [1.165, 1.54) is 0 Å². The minimum Gasteiger partial charge on any atom is -0.377 e. The topological polar surface area (TPSA) is 60.2 Å². The van der Waals surface area contributed by atoms with E-state index in [0.717, 1.165) is 24.5 Å². The van der Waals surface area contributed by atoms with Crippen molar-refractivity contribution in [3.63, 3.8) is 0 Å². The first-order valence-corrected chi connectivity index (χ1v) is 5.57. The molecule has 1 aliphatic rings. The standard InChI is InChI=1S/C12H13N3O2/c1-8-13-12(17-15-8)10-4-2-3-5-11(10)14-9-6-16-7-9/h2-5,9,14H,6-7H2,1H3. The number of aromatic nitrogens is 2. The van der Waals surface area contributed by atoms with Gasteiger partial charge >= 0.3 is 0 Å². The minimum absolute atomic E-state index is 0.375. The maximum atomic E-state index is 5.19. The first-order valence-electron chi connectivity index (χ1n) is 5.57. The van der Waals surface area contributed by atoms with Gasteiger partial charge in [0.1, 0.15) is 0 Å². The zero-order chi connectivity index (χ0) is 11.7. The number of rotatable bonds is 3. The van der Waals surface area contributed by atoms with Gasteiger partial charge in [-0.2, -0.15) is 4.98 Å². The Bertz CT molecular complexity index is 520. The van der Waals surface area contributed by atoms with Gasteiger partial charge in [0.25, 0.3) is 5.89 Å². The van der Waals surface area contributed by atoms with E-state index >= 15 is 0 Å². The molecule has 0 aliphatic carbocycles. The molecule has 1 aromatic heterocycles. The summed E-state index contributed by atoms with van der Waals surface area (Å²) in [7, 11) is 0. The van der Waals surface area contributed by atoms with Gasteiger partial charge in [-0.1, -0.05) is 17.3 Å². The second kappa shape index (κ2) is 4.18. The van der Waals surface area contributed by atoms with Gasteiger partial charge in [-0.3, -0.25) is 0 Å². The van der Waals surface area contributed by atoms with Gasteiger partial charge in [0.05, 0.1) is 24.8 Å². The van der Waals surface area contributed by atoms with Crippen molar-refractivity contribution in [1.29, 1.82) is 0 Å². The molecule has 5 heteroatoms. The highest BCUT2D eigenvalue weighted by Crippen LogP contribution is 2.27. The van der Waals surface area contributed by atoms with Crippen molar-refractivity contribution < 1.29 is 9.26 Å². The van der Waals surface area contributed by atoms with Crippen molar-refractivity contribution >= 4 is 5.69 Å². The Hall–Kier alpha value is -1.88. The van der Waals surface area contributed by atoms with Gasteiger partial charge in [0.15, 0.2) is 5.82 Å². The van der Waals surface area contributed by atoms with Crippen molar-refractivity contribution in [3.05, 3.63) is 30.1 Å². The van der Waals surface area contributed by atoms with Crippen LogP contribution < -0.4 is 5.32 Å². The third-order valence-corrected chi connectivity index (χ3v) is 2.68. The van der Waals surface area contributed by atoms with Crippen molar-refractivity contribution in [3.8, 4) is 11.5 Å². The molecule has 0 bridgehead atoms. The molecule has 1 aliphatic heterocycles. The maximum absolute atomic E-state index is 5.19. The van der Waals surface area contributed by atoms with Crippen LogP contribution in [0.4, 0.5) is 5.69 Å². The molecule has 0 unspecified atom stereocenters. The van der Waals surface area contributed by atoms with Crippen LogP contribution in [-0.4, -0.2) is 29.4 Å². The summed E-state index contributed by atoms with van der Waals surface area (Å²) in [4.78, 5) is 4.24. The van der Waals surface area contributed by atoms with Gasteiger partial charge in [-0.05, 0) is 19.1 Å². The first-order chi connectivity index (χ1) is 8.33. The van der Waals surface area contributed by atoms with Crippen LogP contribution in [0.25, 0.3) is 11.5 Å². The third kappa shape index (κ3) is 2.01. The molecule has 1 N–H and O–H groups in total. The lowest BCUT2D eigenvalue weighted by Crippen LogP contribution is -2.40. The highest BCUT2D eigenvalue weighted by atomic mass is 16.5. The Morgan fingerprint density at radius 3 is 2.76 bits per heavy atom. The summed E-state index contributed by atoms with van der Waals surface area (Å²) in [5.41, 5.74) is 1.93. The number of ether oxygens (including phenoxy) is 1. The van der Waals surface area contributed by atoms with Crippen molar-refractivity contribution in [1.82, 2.24) is 10.1 Å². The smallest absolute Gasteiger partial charge is 0.260 e. The number of nitrogens with one attached hydrogen (secondary N) is 1. The fourth-order valence-electron chi connectivity index (χ4n) is 1.74. The Morgan fingerprint density at radius 2 is 2.12 bits per heavy atom. The van der Waals surface area contributed by atoms with E-state index in [1.54, 1.807) is 0 Å². The highest BCUT2D eigenvalue weighted by molar-refractivity contribution is 5.72. The monoisotopic (exact) mass is 231 g/mol. The quantitative estimate of drug-likeness (QED) is 0.873. The molecule has 2 aromatic rings. The fraction of sp³-hybridized carbons (Fsp3) is 0.333. The summed E-state index contributed by atoms with van der Waals surface area (Å²) in [6.45, 7) is 3.30. The van der Waals surface area contributed by atoms with Gasteiger partial charge in [-0.15, -0.1) is 0 Å². The van der Waals surface area contributed by atoms with E-state index in [0.29, 0.717) is 17.8 Å². The second-order valence-corrected chi connectivity index (χ2v) is 4.07. The highest BCUT2D eigenvalue weighted by Gasteiger charge is 2.20. The van der Waals surface area contributed by atoms with Crippen LogP contribution in [0.3, 0.4) is 0 Å². The molecule has 0 amide bonds. The molecule has 3 rings (SSSR count). The molecule has 1 aromatic carbocycles. The number of benzene rings is 1. The molecule has 0 saturated carbocycles. The normalized spacial score (nSPS) is 15.6. The second-order valence-electron chi connectivity index (χ2n) is 4.07.